The Bertz CT molecular complexity index is 329. The van der Waals surface area contributed by atoms with Crippen LogP contribution < -0.4 is 0 Å². The Morgan fingerprint density at radius 1 is 1.69 bits per heavy atom. The van der Waals surface area contributed by atoms with E-state index in [1.807, 2.05) is 25.3 Å². The quantitative estimate of drug-likeness (QED) is 0.609. The van der Waals surface area contributed by atoms with Gasteiger partial charge in [-0.05, 0) is 42.0 Å². The highest BCUT2D eigenvalue weighted by atomic mass is 127. The van der Waals surface area contributed by atoms with Gasteiger partial charge in [0.1, 0.15) is 0 Å². The average Bonchev–Trinajstić information content (AvgIpc) is 2.15. The number of rotatable bonds is 3. The number of aromatic nitrogens is 1. The fraction of sp³-hybridized carbons (Fsp3) is 0.182. The van der Waals surface area contributed by atoms with Crippen LogP contribution in [0.5, 0.6) is 0 Å². The molecule has 0 unspecified atom stereocenters. The van der Waals surface area contributed by atoms with Gasteiger partial charge < -0.3 is 0 Å². The Balaban J connectivity index is 2.94. The molecule has 1 aromatic heterocycles. The smallest absolute Gasteiger partial charge is 0.0455 e. The lowest BCUT2D eigenvalue weighted by molar-refractivity contribution is 1.19. The predicted molar refractivity (Wildman–Crippen MR) is 65.8 cm³/mol. The first-order chi connectivity index (χ1) is 6.25. The van der Waals surface area contributed by atoms with Gasteiger partial charge in [-0.15, -0.1) is 6.58 Å². The average molecular weight is 285 g/mol. The first-order valence-corrected chi connectivity index (χ1v) is 5.22. The second-order valence-corrected chi connectivity index (χ2v) is 3.88. The molecule has 1 aromatic rings. The predicted octanol–water partition coefficient (Wildman–Crippen LogP) is 3.74. The van der Waals surface area contributed by atoms with E-state index < -0.39 is 0 Å². The molecule has 0 amide bonds. The molecule has 0 saturated carbocycles. The molecule has 1 heterocycles. The van der Waals surface area contributed by atoms with E-state index in [0.29, 0.717) is 0 Å². The van der Waals surface area contributed by atoms with Crippen molar-refractivity contribution in [3.63, 3.8) is 0 Å². The zero-order chi connectivity index (χ0) is 9.68. The van der Waals surface area contributed by atoms with Gasteiger partial charge in [0, 0.05) is 21.0 Å². The van der Waals surface area contributed by atoms with Gasteiger partial charge in [-0.25, -0.2) is 0 Å². The van der Waals surface area contributed by atoms with Crippen molar-refractivity contribution in [2.75, 3.05) is 0 Å². The zero-order valence-electron chi connectivity index (χ0n) is 7.63. The minimum atomic E-state index is 0.909. The molecule has 1 nitrogen and oxygen atoms in total. The maximum Gasteiger partial charge on any atom is 0.0455 e. The molecule has 0 aromatic carbocycles. The Labute approximate surface area is 92.7 Å². The second kappa shape index (κ2) is 5.17. The summed E-state index contributed by atoms with van der Waals surface area (Å²) in [7, 11) is 0. The van der Waals surface area contributed by atoms with E-state index in [0.717, 1.165) is 12.1 Å². The topological polar surface area (TPSA) is 12.9 Å². The maximum atomic E-state index is 4.24. The van der Waals surface area contributed by atoms with Gasteiger partial charge in [0.15, 0.2) is 0 Å². The van der Waals surface area contributed by atoms with Crippen LogP contribution in [0.3, 0.4) is 0 Å². The largest absolute Gasteiger partial charge is 0.261 e. The van der Waals surface area contributed by atoms with Crippen molar-refractivity contribution in [2.24, 2.45) is 0 Å². The van der Waals surface area contributed by atoms with Gasteiger partial charge in [-0.2, -0.15) is 0 Å². The minimum absolute atomic E-state index is 0.909. The van der Waals surface area contributed by atoms with Crippen molar-refractivity contribution in [3.8, 4) is 0 Å². The summed E-state index contributed by atoms with van der Waals surface area (Å²) < 4.78 is 1.24. The molecule has 0 radical (unpaired) electrons. The van der Waals surface area contributed by atoms with E-state index in [2.05, 4.69) is 46.3 Å². The third-order valence-electron chi connectivity index (χ3n) is 1.73. The maximum absolute atomic E-state index is 4.24. The van der Waals surface area contributed by atoms with Crippen molar-refractivity contribution in [1.82, 2.24) is 4.98 Å². The lowest BCUT2D eigenvalue weighted by Gasteiger charge is -2.02. The van der Waals surface area contributed by atoms with Gasteiger partial charge in [0.25, 0.3) is 0 Å². The third-order valence-corrected chi connectivity index (χ3v) is 2.75. The molecule has 0 spiro atoms. The summed E-state index contributed by atoms with van der Waals surface area (Å²) in [6, 6.07) is 4.05. The second-order valence-electron chi connectivity index (χ2n) is 2.71. The molecule has 0 atom stereocenters. The fourth-order valence-electron chi connectivity index (χ4n) is 1.03. The summed E-state index contributed by atoms with van der Waals surface area (Å²) in [6.45, 7) is 5.71. The van der Waals surface area contributed by atoms with Crippen molar-refractivity contribution in [1.29, 1.82) is 0 Å². The van der Waals surface area contributed by atoms with Gasteiger partial charge in [-0.1, -0.05) is 18.2 Å². The number of aryl methyl sites for hydroxylation is 1. The van der Waals surface area contributed by atoms with Crippen LogP contribution in [-0.4, -0.2) is 4.98 Å². The summed E-state index contributed by atoms with van der Waals surface area (Å²) in [5.74, 6) is 0. The highest BCUT2D eigenvalue weighted by Gasteiger charge is 2.00. The molecule has 2 heteroatoms. The lowest BCUT2D eigenvalue weighted by atomic mass is 10.2. The molecule has 0 aliphatic carbocycles. The number of hydrogen-bond acceptors (Lipinski definition) is 1. The molecule has 0 saturated heterocycles. The number of hydrogen-bond donors (Lipinski definition) is 0. The van der Waals surface area contributed by atoms with Crippen LogP contribution in [-0.2, 0) is 0 Å². The zero-order valence-corrected chi connectivity index (χ0v) is 9.78. The van der Waals surface area contributed by atoms with Crippen LogP contribution in [0.4, 0.5) is 0 Å². The van der Waals surface area contributed by atoms with Crippen LogP contribution in [0.15, 0.2) is 37.1 Å². The van der Waals surface area contributed by atoms with E-state index in [1.54, 1.807) is 0 Å². The van der Waals surface area contributed by atoms with Crippen LogP contribution in [0.2, 0.25) is 0 Å². The lowest BCUT2D eigenvalue weighted by Crippen LogP contribution is -1.86. The Morgan fingerprint density at radius 3 is 3.08 bits per heavy atom. The molecule has 1 rings (SSSR count). The van der Waals surface area contributed by atoms with Crippen LogP contribution >= 0.6 is 22.6 Å². The van der Waals surface area contributed by atoms with Crippen molar-refractivity contribution < 1.29 is 0 Å². The normalized spacial score (nSPS) is 11.4. The van der Waals surface area contributed by atoms with Crippen LogP contribution in [0.1, 0.15) is 17.7 Å². The highest BCUT2D eigenvalue weighted by molar-refractivity contribution is 14.1. The van der Waals surface area contributed by atoms with Crippen molar-refractivity contribution >= 4 is 26.2 Å². The van der Waals surface area contributed by atoms with Crippen LogP contribution in [0.25, 0.3) is 3.58 Å². The Morgan fingerprint density at radius 2 is 2.46 bits per heavy atom. The number of allylic oxidation sites excluding steroid dienone is 2. The SMILES string of the molecule is C=CC/C=C(/I)c1cccnc1C. The van der Waals surface area contributed by atoms with Gasteiger partial charge in [0.2, 0.25) is 0 Å². The number of halogens is 1. The van der Waals surface area contributed by atoms with E-state index in [9.17, 15) is 0 Å². The van der Waals surface area contributed by atoms with Gasteiger partial charge in [-0.3, -0.25) is 4.98 Å². The van der Waals surface area contributed by atoms with Crippen molar-refractivity contribution in [3.05, 3.63) is 48.3 Å². The molecule has 68 valence electrons. The molecule has 0 N–H and O–H groups in total. The standard InChI is InChI=1S/C11H12IN/c1-3-4-7-11(12)10-6-5-8-13-9(10)2/h3,5-8H,1,4H2,2H3/b11-7+. The molecule has 0 bridgehead atoms. The Hall–Kier alpha value is -0.640. The summed E-state index contributed by atoms with van der Waals surface area (Å²) in [5.41, 5.74) is 2.29. The van der Waals surface area contributed by atoms with E-state index in [4.69, 9.17) is 0 Å². The van der Waals surface area contributed by atoms with E-state index >= 15 is 0 Å². The van der Waals surface area contributed by atoms with Gasteiger partial charge in [0.05, 0.1) is 0 Å². The third kappa shape index (κ3) is 2.95. The van der Waals surface area contributed by atoms with Crippen molar-refractivity contribution in [2.45, 2.75) is 13.3 Å². The molecular formula is C11H12IN. The first kappa shape index (κ1) is 10.4. The number of pyridine rings is 1. The minimum Gasteiger partial charge on any atom is -0.261 e. The highest BCUT2D eigenvalue weighted by Crippen LogP contribution is 2.23. The molecule has 0 aliphatic heterocycles. The summed E-state index contributed by atoms with van der Waals surface area (Å²) in [4.78, 5) is 4.24. The summed E-state index contributed by atoms with van der Waals surface area (Å²) >= 11 is 2.33. The van der Waals surface area contributed by atoms with Gasteiger partial charge >= 0.3 is 0 Å². The molecule has 0 aliphatic rings. The summed E-state index contributed by atoms with van der Waals surface area (Å²) in [5, 5.41) is 0. The molecule has 0 fully saturated rings. The monoisotopic (exact) mass is 285 g/mol. The summed E-state index contributed by atoms with van der Waals surface area (Å²) in [6.07, 6.45) is 6.77. The molecule has 13 heavy (non-hydrogen) atoms. The first-order valence-electron chi connectivity index (χ1n) is 4.14. The van der Waals surface area contributed by atoms with Crippen LogP contribution in [0, 0.1) is 6.92 Å². The number of nitrogens with zero attached hydrogens (tertiary/aromatic N) is 1. The molecular weight excluding hydrogens is 273 g/mol. The van der Waals surface area contributed by atoms with E-state index in [-0.39, 0.29) is 0 Å². The fourth-order valence-corrected chi connectivity index (χ4v) is 1.86. The van der Waals surface area contributed by atoms with E-state index in [1.165, 1.54) is 9.14 Å². The Kier molecular flexibility index (Phi) is 4.15.